The molecule has 3 rings (SSSR count). The first kappa shape index (κ1) is 13.4. The van der Waals surface area contributed by atoms with Gasteiger partial charge in [0, 0.05) is 11.3 Å². The van der Waals surface area contributed by atoms with Crippen LogP contribution in [-0.4, -0.2) is 11.2 Å². The van der Waals surface area contributed by atoms with Crippen molar-refractivity contribution in [2.75, 3.05) is 6.26 Å². The second kappa shape index (κ2) is 5.81. The van der Waals surface area contributed by atoms with Crippen LogP contribution in [0.5, 0.6) is 0 Å². The summed E-state index contributed by atoms with van der Waals surface area (Å²) in [6, 6.07) is 14.7. The molecule has 1 nitrogen and oxygen atoms in total. The first-order chi connectivity index (χ1) is 9.83. The summed E-state index contributed by atoms with van der Waals surface area (Å²) in [4.78, 5) is 4.78. The fourth-order valence-electron chi connectivity index (χ4n) is 2.29. The summed E-state index contributed by atoms with van der Waals surface area (Å²) in [5, 5.41) is 1.10. The molecule has 20 heavy (non-hydrogen) atoms. The number of hydrogen-bond donors (Lipinski definition) is 0. The van der Waals surface area contributed by atoms with Crippen LogP contribution in [0.15, 0.2) is 49.0 Å². The normalized spacial score (nSPS) is 10.8. The van der Waals surface area contributed by atoms with Crippen LogP contribution >= 0.6 is 23.1 Å². The largest absolute Gasteiger partial charge is 0.236 e. The van der Waals surface area contributed by atoms with Crippen LogP contribution in [0.4, 0.5) is 0 Å². The number of para-hydroxylation sites is 1. The zero-order chi connectivity index (χ0) is 13.9. The van der Waals surface area contributed by atoms with Crippen LogP contribution in [0, 0.1) is 0 Å². The maximum absolute atomic E-state index is 4.78. The van der Waals surface area contributed by atoms with E-state index in [9.17, 15) is 0 Å². The van der Waals surface area contributed by atoms with Crippen molar-refractivity contribution in [2.24, 2.45) is 0 Å². The van der Waals surface area contributed by atoms with Crippen molar-refractivity contribution in [1.82, 2.24) is 4.98 Å². The van der Waals surface area contributed by atoms with Gasteiger partial charge < -0.3 is 0 Å². The van der Waals surface area contributed by atoms with E-state index in [1.54, 1.807) is 11.3 Å². The average molecular weight is 297 g/mol. The highest BCUT2D eigenvalue weighted by Gasteiger charge is 2.12. The Morgan fingerprint density at radius 2 is 2.05 bits per heavy atom. The van der Waals surface area contributed by atoms with E-state index in [0.29, 0.717) is 0 Å². The molecule has 3 heteroatoms. The second-order valence-electron chi connectivity index (χ2n) is 4.50. The van der Waals surface area contributed by atoms with Crippen molar-refractivity contribution in [3.63, 3.8) is 0 Å². The minimum absolute atomic E-state index is 0.980. The van der Waals surface area contributed by atoms with E-state index in [1.165, 1.54) is 21.4 Å². The molecule has 0 spiro atoms. The Hall–Kier alpha value is -1.58. The van der Waals surface area contributed by atoms with Crippen LogP contribution in [0.25, 0.3) is 26.9 Å². The molecule has 0 saturated carbocycles. The van der Waals surface area contributed by atoms with Crippen molar-refractivity contribution in [3.8, 4) is 10.6 Å². The van der Waals surface area contributed by atoms with Crippen molar-refractivity contribution in [3.05, 3.63) is 60.2 Å². The lowest BCUT2D eigenvalue weighted by molar-refractivity contribution is 1.37. The maximum atomic E-state index is 4.78. The summed E-state index contributed by atoms with van der Waals surface area (Å²) >= 11 is 3.58. The number of aromatic nitrogens is 1. The summed E-state index contributed by atoms with van der Waals surface area (Å²) in [5.41, 5.74) is 4.84. The molecular formula is C17H15NS2. The van der Waals surface area contributed by atoms with Crippen LogP contribution in [0.3, 0.4) is 0 Å². The molecule has 2 aromatic carbocycles. The van der Waals surface area contributed by atoms with E-state index < -0.39 is 0 Å². The van der Waals surface area contributed by atoms with Crippen LogP contribution in [0.1, 0.15) is 11.1 Å². The van der Waals surface area contributed by atoms with Gasteiger partial charge in [-0.05, 0) is 29.5 Å². The molecule has 1 heterocycles. The number of thioether (sulfide) groups is 1. The molecule has 1 aromatic heterocycles. The van der Waals surface area contributed by atoms with Gasteiger partial charge >= 0.3 is 0 Å². The van der Waals surface area contributed by atoms with Crippen LogP contribution in [0.2, 0.25) is 0 Å². The van der Waals surface area contributed by atoms with Crippen molar-refractivity contribution < 1.29 is 0 Å². The predicted octanol–water partition coefficient (Wildman–Crippen LogP) is 5.47. The summed E-state index contributed by atoms with van der Waals surface area (Å²) in [6.07, 6.45) is 4.06. The number of nitrogens with zero attached hydrogens (tertiary/aromatic N) is 1. The third kappa shape index (κ3) is 2.39. The van der Waals surface area contributed by atoms with Crippen molar-refractivity contribution >= 4 is 39.4 Å². The highest BCUT2D eigenvalue weighted by atomic mass is 32.2. The molecule has 0 atom stereocenters. The fourth-order valence-corrected chi connectivity index (χ4v) is 3.92. The molecule has 0 saturated heterocycles. The van der Waals surface area contributed by atoms with Gasteiger partial charge in [0.05, 0.1) is 10.2 Å². The minimum atomic E-state index is 0.980. The third-order valence-corrected chi connectivity index (χ3v) is 4.89. The number of fused-ring (bicyclic) bond motifs is 1. The van der Waals surface area contributed by atoms with E-state index in [4.69, 9.17) is 4.98 Å². The van der Waals surface area contributed by atoms with Crippen molar-refractivity contribution in [2.45, 2.75) is 5.75 Å². The zero-order valence-corrected chi connectivity index (χ0v) is 12.9. The lowest BCUT2D eigenvalue weighted by Gasteiger charge is -2.09. The van der Waals surface area contributed by atoms with Gasteiger partial charge in [0.2, 0.25) is 0 Å². The van der Waals surface area contributed by atoms with Gasteiger partial charge in [0.1, 0.15) is 5.01 Å². The van der Waals surface area contributed by atoms with Gasteiger partial charge in [-0.25, -0.2) is 4.98 Å². The molecular weight excluding hydrogens is 282 g/mol. The molecule has 0 aliphatic carbocycles. The molecule has 100 valence electrons. The zero-order valence-electron chi connectivity index (χ0n) is 11.3. The molecule has 0 bridgehead atoms. The maximum Gasteiger partial charge on any atom is 0.124 e. The van der Waals surface area contributed by atoms with Crippen molar-refractivity contribution in [1.29, 1.82) is 0 Å². The first-order valence-corrected chi connectivity index (χ1v) is 8.63. The topological polar surface area (TPSA) is 12.9 Å². The Labute approximate surface area is 127 Å². The minimum Gasteiger partial charge on any atom is -0.236 e. The number of thiazole rings is 1. The van der Waals surface area contributed by atoms with Gasteiger partial charge in [0.25, 0.3) is 0 Å². The van der Waals surface area contributed by atoms with Crippen LogP contribution in [-0.2, 0) is 5.75 Å². The quantitative estimate of drug-likeness (QED) is 0.633. The molecule has 0 fully saturated rings. The summed E-state index contributed by atoms with van der Waals surface area (Å²) in [6.45, 7) is 3.93. The number of hydrogen-bond acceptors (Lipinski definition) is 3. The number of benzene rings is 2. The molecule has 0 unspecified atom stereocenters. The summed E-state index contributed by atoms with van der Waals surface area (Å²) in [7, 11) is 0. The standard InChI is InChI=1S/C17H15NS2/c1-3-12-7-6-8-13(14(12)11-19-2)17-18-15-9-4-5-10-16(15)20-17/h3-10H,1,11H2,2H3. The Kier molecular flexibility index (Phi) is 3.90. The van der Waals surface area contributed by atoms with E-state index in [0.717, 1.165) is 16.3 Å². The molecule has 0 amide bonds. The Bertz CT molecular complexity index is 726. The van der Waals surface area contributed by atoms with Gasteiger partial charge in [0.15, 0.2) is 0 Å². The number of rotatable bonds is 4. The highest BCUT2D eigenvalue weighted by molar-refractivity contribution is 7.97. The first-order valence-electron chi connectivity index (χ1n) is 6.42. The smallest absolute Gasteiger partial charge is 0.124 e. The Morgan fingerprint density at radius 3 is 2.80 bits per heavy atom. The Morgan fingerprint density at radius 1 is 1.20 bits per heavy atom. The van der Waals surface area contributed by atoms with E-state index in [-0.39, 0.29) is 0 Å². The summed E-state index contributed by atoms with van der Waals surface area (Å²) < 4.78 is 1.24. The SMILES string of the molecule is C=Cc1cccc(-c2nc3ccccc3s2)c1CSC. The molecule has 0 radical (unpaired) electrons. The fraction of sp³-hybridized carbons (Fsp3) is 0.118. The highest BCUT2D eigenvalue weighted by Crippen LogP contribution is 2.34. The van der Waals surface area contributed by atoms with E-state index in [2.05, 4.69) is 49.2 Å². The molecule has 3 aromatic rings. The lowest BCUT2D eigenvalue weighted by atomic mass is 10.0. The second-order valence-corrected chi connectivity index (χ2v) is 6.39. The predicted molar refractivity (Wildman–Crippen MR) is 92.4 cm³/mol. The summed E-state index contributed by atoms with van der Waals surface area (Å²) in [5.74, 6) is 0.980. The Balaban J connectivity index is 2.19. The average Bonchev–Trinajstić information content (AvgIpc) is 2.91. The van der Waals surface area contributed by atoms with E-state index >= 15 is 0 Å². The van der Waals surface area contributed by atoms with Crippen LogP contribution < -0.4 is 0 Å². The van der Waals surface area contributed by atoms with E-state index in [1.807, 2.05) is 23.9 Å². The molecule has 0 aliphatic rings. The van der Waals surface area contributed by atoms with Gasteiger partial charge in [-0.1, -0.05) is 43.0 Å². The monoisotopic (exact) mass is 297 g/mol. The molecule has 0 aliphatic heterocycles. The van der Waals surface area contributed by atoms with Gasteiger partial charge in [-0.15, -0.1) is 11.3 Å². The van der Waals surface area contributed by atoms with Gasteiger partial charge in [-0.2, -0.15) is 11.8 Å². The third-order valence-electron chi connectivity index (χ3n) is 3.25. The lowest BCUT2D eigenvalue weighted by Crippen LogP contribution is -1.91. The molecule has 0 N–H and O–H groups in total. The van der Waals surface area contributed by atoms with Gasteiger partial charge in [-0.3, -0.25) is 0 Å².